The summed E-state index contributed by atoms with van der Waals surface area (Å²) in [7, 11) is 0. The normalized spacial score (nSPS) is 16.3. The minimum absolute atomic E-state index is 0.582. The molecule has 88 valence electrons. The van der Waals surface area contributed by atoms with Crippen LogP contribution in [-0.4, -0.2) is 5.71 Å². The molecule has 0 atom stereocenters. The van der Waals surface area contributed by atoms with Crippen molar-refractivity contribution in [3.8, 4) is 0 Å². The van der Waals surface area contributed by atoms with E-state index in [2.05, 4.69) is 19.1 Å². The molecule has 1 N–H and O–H groups in total. The third kappa shape index (κ3) is 3.28. The lowest BCUT2D eigenvalue weighted by Crippen LogP contribution is -2.00. The van der Waals surface area contributed by atoms with Crippen molar-refractivity contribution in [2.75, 3.05) is 0 Å². The summed E-state index contributed by atoms with van der Waals surface area (Å²) in [4.78, 5) is 0. The minimum atomic E-state index is 0.582. The zero-order valence-electron chi connectivity index (χ0n) is 10.7. The summed E-state index contributed by atoms with van der Waals surface area (Å²) in [5, 5.41) is 7.83. The molecule has 1 nitrogen and oxygen atoms in total. The van der Waals surface area contributed by atoms with Gasteiger partial charge < -0.3 is 5.41 Å². The van der Waals surface area contributed by atoms with Gasteiger partial charge in [-0.1, -0.05) is 62.4 Å². The van der Waals surface area contributed by atoms with Crippen LogP contribution in [0.15, 0.2) is 60.2 Å². The van der Waals surface area contributed by atoms with Crippen molar-refractivity contribution in [3.05, 3.63) is 65.8 Å². The van der Waals surface area contributed by atoms with E-state index in [0.29, 0.717) is 5.71 Å². The summed E-state index contributed by atoms with van der Waals surface area (Å²) in [6.07, 6.45) is 7.68. The van der Waals surface area contributed by atoms with Crippen LogP contribution in [0.1, 0.15) is 26.3 Å². The van der Waals surface area contributed by atoms with Crippen LogP contribution in [0.5, 0.6) is 0 Å². The van der Waals surface area contributed by atoms with E-state index in [9.17, 15) is 0 Å². The fraction of sp³-hybridized carbons (Fsp3) is 0.188. The molecule has 17 heavy (non-hydrogen) atoms. The second-order valence-electron chi connectivity index (χ2n) is 3.54. The van der Waals surface area contributed by atoms with Gasteiger partial charge in [-0.3, -0.25) is 0 Å². The second kappa shape index (κ2) is 6.64. The Balaban J connectivity index is 0.000000686. The van der Waals surface area contributed by atoms with Crippen LogP contribution in [0.4, 0.5) is 0 Å². The molecule has 0 amide bonds. The largest absolute Gasteiger partial charge is 0.300 e. The topological polar surface area (TPSA) is 23.9 Å². The monoisotopic (exact) mass is 225 g/mol. The highest BCUT2D eigenvalue weighted by Crippen LogP contribution is 2.21. The SMILES string of the molecule is C/C(=C1\C=CC=CC1=N)c1ccccc1.CC. The van der Waals surface area contributed by atoms with E-state index < -0.39 is 0 Å². The Bertz CT molecular complexity index is 462. The first-order chi connectivity index (χ1) is 8.29. The van der Waals surface area contributed by atoms with E-state index in [1.54, 1.807) is 0 Å². The van der Waals surface area contributed by atoms with Gasteiger partial charge in [0.15, 0.2) is 0 Å². The second-order valence-corrected chi connectivity index (χ2v) is 3.54. The van der Waals surface area contributed by atoms with Crippen LogP contribution in [0, 0.1) is 5.41 Å². The number of allylic oxidation sites excluding steroid dienone is 6. The maximum absolute atomic E-state index is 7.83. The van der Waals surface area contributed by atoms with E-state index in [4.69, 9.17) is 5.41 Å². The summed E-state index contributed by atoms with van der Waals surface area (Å²) in [6.45, 7) is 6.06. The summed E-state index contributed by atoms with van der Waals surface area (Å²) >= 11 is 0. The van der Waals surface area contributed by atoms with Crippen molar-refractivity contribution in [2.24, 2.45) is 0 Å². The summed E-state index contributed by atoms with van der Waals surface area (Å²) in [5.74, 6) is 0. The average molecular weight is 225 g/mol. The smallest absolute Gasteiger partial charge is 0.0615 e. The molecule has 1 aromatic carbocycles. The lowest BCUT2D eigenvalue weighted by atomic mass is 9.95. The van der Waals surface area contributed by atoms with Gasteiger partial charge in [0.05, 0.1) is 5.71 Å². The lowest BCUT2D eigenvalue weighted by molar-refractivity contribution is 1.47. The molecule has 1 heteroatoms. The summed E-state index contributed by atoms with van der Waals surface area (Å²) in [5.41, 5.74) is 3.92. The highest BCUT2D eigenvalue weighted by atomic mass is 14.4. The molecule has 0 aromatic heterocycles. The molecule has 0 spiro atoms. The highest BCUT2D eigenvalue weighted by Gasteiger charge is 2.06. The van der Waals surface area contributed by atoms with Crippen LogP contribution >= 0.6 is 0 Å². The Morgan fingerprint density at radius 2 is 1.53 bits per heavy atom. The van der Waals surface area contributed by atoms with Crippen LogP contribution in [0.3, 0.4) is 0 Å². The quantitative estimate of drug-likeness (QED) is 0.720. The van der Waals surface area contributed by atoms with Crippen LogP contribution < -0.4 is 0 Å². The molecule has 0 heterocycles. The molecule has 0 unspecified atom stereocenters. The standard InChI is InChI=1S/C14H13N.C2H6/c1-11(12-7-3-2-4-8-12)13-9-5-6-10-14(13)15;1-2/h2-10,15H,1H3;1-2H3/b13-11-,15-14?;. The van der Waals surface area contributed by atoms with Crippen molar-refractivity contribution >= 4 is 11.3 Å². The van der Waals surface area contributed by atoms with Gasteiger partial charge in [0.1, 0.15) is 0 Å². The Kier molecular flexibility index (Phi) is 5.15. The average Bonchev–Trinajstić information content (AvgIpc) is 2.42. The fourth-order valence-corrected chi connectivity index (χ4v) is 1.65. The van der Waals surface area contributed by atoms with E-state index >= 15 is 0 Å². The first kappa shape index (κ1) is 13.2. The van der Waals surface area contributed by atoms with Gasteiger partial charge in [-0.2, -0.15) is 0 Å². The molecule has 0 bridgehead atoms. The molecule has 0 radical (unpaired) electrons. The number of rotatable bonds is 1. The third-order valence-electron chi connectivity index (χ3n) is 2.54. The van der Waals surface area contributed by atoms with Gasteiger partial charge in [0.25, 0.3) is 0 Å². The minimum Gasteiger partial charge on any atom is -0.300 e. The zero-order valence-corrected chi connectivity index (χ0v) is 10.7. The maximum Gasteiger partial charge on any atom is 0.0615 e. The molecular formula is C16H19N. The predicted octanol–water partition coefficient (Wildman–Crippen LogP) is 4.63. The van der Waals surface area contributed by atoms with E-state index in [1.165, 1.54) is 5.56 Å². The predicted molar refractivity (Wildman–Crippen MR) is 76.4 cm³/mol. The fourth-order valence-electron chi connectivity index (χ4n) is 1.65. The molecule has 1 aliphatic rings. The number of benzene rings is 1. The Morgan fingerprint density at radius 1 is 0.941 bits per heavy atom. The van der Waals surface area contributed by atoms with Crippen molar-refractivity contribution in [1.29, 1.82) is 5.41 Å². The highest BCUT2D eigenvalue weighted by molar-refractivity contribution is 6.14. The van der Waals surface area contributed by atoms with Gasteiger partial charge in [-0.05, 0) is 24.1 Å². The summed E-state index contributed by atoms with van der Waals surface area (Å²) in [6, 6.07) is 10.2. The van der Waals surface area contributed by atoms with E-state index in [-0.39, 0.29) is 0 Å². The van der Waals surface area contributed by atoms with Gasteiger partial charge >= 0.3 is 0 Å². The summed E-state index contributed by atoms with van der Waals surface area (Å²) < 4.78 is 0. The Hall–Kier alpha value is -1.89. The van der Waals surface area contributed by atoms with Crippen molar-refractivity contribution in [1.82, 2.24) is 0 Å². The molecule has 1 aliphatic carbocycles. The maximum atomic E-state index is 7.83. The first-order valence-electron chi connectivity index (χ1n) is 5.99. The van der Waals surface area contributed by atoms with Crippen LogP contribution in [0.25, 0.3) is 5.57 Å². The van der Waals surface area contributed by atoms with Crippen molar-refractivity contribution in [3.63, 3.8) is 0 Å². The number of hydrogen-bond acceptors (Lipinski definition) is 1. The van der Waals surface area contributed by atoms with Gasteiger partial charge in [-0.15, -0.1) is 0 Å². The number of nitrogens with one attached hydrogen (secondary N) is 1. The molecule has 0 saturated carbocycles. The Morgan fingerprint density at radius 3 is 2.12 bits per heavy atom. The van der Waals surface area contributed by atoms with Gasteiger partial charge in [-0.25, -0.2) is 0 Å². The van der Waals surface area contributed by atoms with Crippen LogP contribution in [-0.2, 0) is 0 Å². The number of hydrogen-bond donors (Lipinski definition) is 1. The molecule has 1 aromatic rings. The molecule has 0 saturated heterocycles. The third-order valence-corrected chi connectivity index (χ3v) is 2.54. The van der Waals surface area contributed by atoms with Crippen LogP contribution in [0.2, 0.25) is 0 Å². The molecular weight excluding hydrogens is 206 g/mol. The molecule has 0 aliphatic heterocycles. The van der Waals surface area contributed by atoms with E-state index in [0.717, 1.165) is 11.1 Å². The molecule has 0 fully saturated rings. The van der Waals surface area contributed by atoms with Crippen molar-refractivity contribution in [2.45, 2.75) is 20.8 Å². The molecule has 2 rings (SSSR count). The zero-order chi connectivity index (χ0) is 12.7. The van der Waals surface area contributed by atoms with Gasteiger partial charge in [0.2, 0.25) is 0 Å². The van der Waals surface area contributed by atoms with Gasteiger partial charge in [0, 0.05) is 5.57 Å². The Labute approximate surface area is 104 Å². The lowest BCUT2D eigenvalue weighted by Gasteiger charge is -2.10. The first-order valence-corrected chi connectivity index (χ1v) is 5.99. The van der Waals surface area contributed by atoms with E-state index in [1.807, 2.05) is 56.4 Å². The van der Waals surface area contributed by atoms with Crippen molar-refractivity contribution < 1.29 is 0 Å².